The number of halogens is 1. The van der Waals surface area contributed by atoms with Crippen molar-refractivity contribution in [2.45, 2.75) is 43.9 Å². The molecule has 1 aromatic heterocycles. The Balaban J connectivity index is 1.65. The van der Waals surface area contributed by atoms with Crippen LogP contribution in [-0.2, 0) is 0 Å². The fourth-order valence-electron chi connectivity index (χ4n) is 3.47. The van der Waals surface area contributed by atoms with E-state index in [1.54, 1.807) is 0 Å². The number of aromatic nitrogens is 3. The maximum absolute atomic E-state index is 10.4. The molecule has 1 aromatic carbocycles. The van der Waals surface area contributed by atoms with E-state index in [-0.39, 0.29) is 5.28 Å². The number of hydrogen-bond acceptors (Lipinski definition) is 7. The maximum atomic E-state index is 10.4. The molecule has 2 heterocycles. The third-order valence-corrected chi connectivity index (χ3v) is 5.35. The molecule has 8 heteroatoms. The summed E-state index contributed by atoms with van der Waals surface area (Å²) in [5.74, 6) is 1.13. The third kappa shape index (κ3) is 2.27. The predicted molar refractivity (Wildman–Crippen MR) is 90.9 cm³/mol. The fraction of sp³-hybridized carbons (Fsp3) is 0.438. The van der Waals surface area contributed by atoms with Crippen molar-refractivity contribution in [2.24, 2.45) is 0 Å². The Hall–Kier alpha value is -2.12. The number of anilines is 3. The summed E-state index contributed by atoms with van der Waals surface area (Å²) in [5.41, 5.74) is 0.637. The minimum Gasteiger partial charge on any atom is -0.483 e. The van der Waals surface area contributed by atoms with Gasteiger partial charge in [0, 0.05) is 5.69 Å². The molecule has 4 rings (SSSR count). The van der Waals surface area contributed by atoms with E-state index in [9.17, 15) is 5.11 Å². The summed E-state index contributed by atoms with van der Waals surface area (Å²) >= 11 is 5.77. The van der Waals surface area contributed by atoms with Crippen LogP contribution >= 0.6 is 11.6 Å². The monoisotopic (exact) mass is 347 g/mol. The Morgan fingerprint density at radius 3 is 3.00 bits per heavy atom. The van der Waals surface area contributed by atoms with E-state index < -0.39 is 17.2 Å². The van der Waals surface area contributed by atoms with E-state index in [0.29, 0.717) is 12.4 Å². The first-order chi connectivity index (χ1) is 11.4. The number of ether oxygens (including phenoxy) is 1. The number of hydrogen-bond donors (Lipinski definition) is 3. The highest BCUT2D eigenvalue weighted by Gasteiger charge is 2.58. The Bertz CT molecular complexity index is 804. The Kier molecular flexibility index (Phi) is 3.33. The van der Waals surface area contributed by atoms with Gasteiger partial charge in [-0.25, -0.2) is 9.97 Å². The van der Waals surface area contributed by atoms with Gasteiger partial charge >= 0.3 is 0 Å². The first-order valence-corrected chi connectivity index (χ1v) is 8.18. The molecule has 3 unspecified atom stereocenters. The summed E-state index contributed by atoms with van der Waals surface area (Å²) in [4.78, 5) is 11.8. The number of aliphatic hydroxyl groups excluding tert-OH is 1. The highest BCUT2D eigenvalue weighted by Crippen LogP contribution is 2.50. The van der Waals surface area contributed by atoms with Crippen LogP contribution in [0, 0.1) is 0 Å². The zero-order valence-electron chi connectivity index (χ0n) is 13.4. The summed E-state index contributed by atoms with van der Waals surface area (Å²) in [7, 11) is 0. The van der Waals surface area contributed by atoms with Crippen LogP contribution in [-0.4, -0.2) is 37.3 Å². The van der Waals surface area contributed by atoms with Gasteiger partial charge < -0.3 is 20.5 Å². The Morgan fingerprint density at radius 2 is 2.21 bits per heavy atom. The molecule has 2 aliphatic rings. The summed E-state index contributed by atoms with van der Waals surface area (Å²) in [6.07, 6.45) is 2.40. The number of nitrogens with one attached hydrogen (secondary N) is 2. The Morgan fingerprint density at radius 1 is 1.38 bits per heavy atom. The summed E-state index contributed by atoms with van der Waals surface area (Å²) in [5, 5.41) is 17.1. The first-order valence-electron chi connectivity index (χ1n) is 7.80. The molecule has 3 atom stereocenters. The standard InChI is InChI=1S/C16H18ClN5O2/c1-15-6-5-12(23)16(15,2)22-10-7-9(3-4-11(10)24-15)20-14-19-8-18-13(17)21-14/h3-4,7-8,12,22-23H,5-6H2,1-2H3,(H,18,19,20,21). The van der Waals surface area contributed by atoms with Crippen LogP contribution in [0.3, 0.4) is 0 Å². The SMILES string of the molecule is CC12CCC(O)C1(C)Nc1cc(Nc3ncnc(Cl)n3)ccc1O2. The maximum Gasteiger partial charge on any atom is 0.231 e. The van der Waals surface area contributed by atoms with Gasteiger partial charge in [0.2, 0.25) is 11.2 Å². The molecule has 0 bridgehead atoms. The molecule has 1 fully saturated rings. The van der Waals surface area contributed by atoms with Gasteiger partial charge in [0.1, 0.15) is 23.2 Å². The van der Waals surface area contributed by atoms with Gasteiger partial charge in [0.25, 0.3) is 0 Å². The Labute approximate surface area is 144 Å². The van der Waals surface area contributed by atoms with Crippen LogP contribution in [0.1, 0.15) is 26.7 Å². The van der Waals surface area contributed by atoms with Crippen molar-refractivity contribution in [1.29, 1.82) is 0 Å². The van der Waals surface area contributed by atoms with Crippen LogP contribution in [0.5, 0.6) is 5.75 Å². The number of nitrogens with zero attached hydrogens (tertiary/aromatic N) is 3. The van der Waals surface area contributed by atoms with Gasteiger partial charge in [0.15, 0.2) is 0 Å². The van der Waals surface area contributed by atoms with Crippen LogP contribution in [0.25, 0.3) is 0 Å². The van der Waals surface area contributed by atoms with Crippen LogP contribution in [0.4, 0.5) is 17.3 Å². The van der Waals surface area contributed by atoms with Crippen molar-refractivity contribution < 1.29 is 9.84 Å². The number of rotatable bonds is 2. The second-order valence-corrected chi connectivity index (χ2v) is 6.97. The molecule has 1 aliphatic heterocycles. The number of fused-ring (bicyclic) bond motifs is 2. The second kappa shape index (κ2) is 5.19. The molecule has 3 N–H and O–H groups in total. The molecule has 0 saturated heterocycles. The van der Waals surface area contributed by atoms with Gasteiger partial charge in [-0.1, -0.05) is 0 Å². The average Bonchev–Trinajstić information content (AvgIpc) is 2.76. The third-order valence-electron chi connectivity index (χ3n) is 5.17. The summed E-state index contributed by atoms with van der Waals surface area (Å²) in [6.45, 7) is 4.04. The molecule has 1 aliphatic carbocycles. The molecule has 0 radical (unpaired) electrons. The fourth-order valence-corrected chi connectivity index (χ4v) is 3.59. The second-order valence-electron chi connectivity index (χ2n) is 6.63. The number of benzene rings is 1. The minimum atomic E-state index is -0.533. The highest BCUT2D eigenvalue weighted by atomic mass is 35.5. The van der Waals surface area contributed by atoms with Crippen molar-refractivity contribution in [1.82, 2.24) is 15.0 Å². The topological polar surface area (TPSA) is 92.2 Å². The van der Waals surface area contributed by atoms with E-state index in [1.807, 2.05) is 32.0 Å². The molecule has 126 valence electrons. The molecule has 2 aromatic rings. The van der Waals surface area contributed by atoms with Crippen molar-refractivity contribution in [3.8, 4) is 5.75 Å². The summed E-state index contributed by atoms with van der Waals surface area (Å²) < 4.78 is 6.23. The van der Waals surface area contributed by atoms with Gasteiger partial charge in [-0.15, -0.1) is 0 Å². The lowest BCUT2D eigenvalue weighted by molar-refractivity contribution is -0.0000918. The van der Waals surface area contributed by atoms with Gasteiger partial charge in [0.05, 0.1) is 11.8 Å². The smallest absolute Gasteiger partial charge is 0.231 e. The molecule has 0 spiro atoms. The van der Waals surface area contributed by atoms with Crippen LogP contribution < -0.4 is 15.4 Å². The largest absolute Gasteiger partial charge is 0.483 e. The summed E-state index contributed by atoms with van der Waals surface area (Å²) in [6, 6.07) is 5.68. The van der Waals surface area contributed by atoms with Crippen LogP contribution in [0.2, 0.25) is 5.28 Å². The van der Waals surface area contributed by atoms with Gasteiger partial charge in [-0.2, -0.15) is 4.98 Å². The zero-order valence-corrected chi connectivity index (χ0v) is 14.1. The predicted octanol–water partition coefficient (Wildman–Crippen LogP) is 2.75. The minimum absolute atomic E-state index is 0.129. The lowest BCUT2D eigenvalue weighted by Crippen LogP contribution is -2.62. The van der Waals surface area contributed by atoms with E-state index in [1.165, 1.54) is 6.33 Å². The van der Waals surface area contributed by atoms with Gasteiger partial charge in [-0.3, -0.25) is 0 Å². The quantitative estimate of drug-likeness (QED) is 0.769. The van der Waals surface area contributed by atoms with Crippen molar-refractivity contribution in [3.05, 3.63) is 29.8 Å². The van der Waals surface area contributed by atoms with Crippen molar-refractivity contribution >= 4 is 28.9 Å². The van der Waals surface area contributed by atoms with Gasteiger partial charge in [-0.05, 0) is 56.5 Å². The van der Waals surface area contributed by atoms with E-state index in [0.717, 1.165) is 23.5 Å². The van der Waals surface area contributed by atoms with E-state index in [4.69, 9.17) is 16.3 Å². The lowest BCUT2D eigenvalue weighted by atomic mass is 9.82. The first kappa shape index (κ1) is 15.4. The molecule has 0 amide bonds. The number of aliphatic hydroxyl groups is 1. The normalized spacial score (nSPS) is 30.8. The average molecular weight is 348 g/mol. The van der Waals surface area contributed by atoms with Crippen molar-refractivity contribution in [2.75, 3.05) is 10.6 Å². The molecule has 7 nitrogen and oxygen atoms in total. The zero-order chi connectivity index (χ0) is 16.9. The molecular weight excluding hydrogens is 330 g/mol. The van der Waals surface area contributed by atoms with Crippen molar-refractivity contribution in [3.63, 3.8) is 0 Å². The molecular formula is C16H18ClN5O2. The van der Waals surface area contributed by atoms with Crippen LogP contribution in [0.15, 0.2) is 24.5 Å². The van der Waals surface area contributed by atoms with E-state index in [2.05, 4.69) is 25.6 Å². The highest BCUT2D eigenvalue weighted by molar-refractivity contribution is 6.28. The molecule has 1 saturated carbocycles. The lowest BCUT2D eigenvalue weighted by Gasteiger charge is -2.48. The van der Waals surface area contributed by atoms with E-state index >= 15 is 0 Å². The molecule has 24 heavy (non-hydrogen) atoms.